The van der Waals surface area contributed by atoms with Crippen LogP contribution in [0.3, 0.4) is 0 Å². The molecule has 80 valence electrons. The number of fused-ring (bicyclic) bond motifs is 3. The van der Waals surface area contributed by atoms with Crippen molar-refractivity contribution >= 4 is 11.6 Å². The van der Waals surface area contributed by atoms with Gasteiger partial charge < -0.3 is 9.84 Å². The maximum atomic E-state index is 9.95. The predicted octanol–water partition coefficient (Wildman–Crippen LogP) is 0.305. The molecule has 4 heteroatoms. The van der Waals surface area contributed by atoms with Crippen LogP contribution in [0.5, 0.6) is 0 Å². The smallest absolute Gasteiger partial charge is 0.0714 e. The first-order valence-electron chi connectivity index (χ1n) is 5.27. The van der Waals surface area contributed by atoms with Gasteiger partial charge in [-0.05, 0) is 12.3 Å². The van der Waals surface area contributed by atoms with Gasteiger partial charge in [-0.2, -0.15) is 0 Å². The molecule has 0 aromatic heterocycles. The largest absolute Gasteiger partial charge is 0.391 e. The number of nitrogens with zero attached hydrogens (tertiary/aromatic N) is 1. The summed E-state index contributed by atoms with van der Waals surface area (Å²) in [5.74, 6) is 0.545. The average Bonchev–Trinajstić information content (AvgIpc) is 2.54. The number of rotatable bonds is 2. The van der Waals surface area contributed by atoms with Crippen LogP contribution in [-0.2, 0) is 4.74 Å². The minimum atomic E-state index is -0.195. The van der Waals surface area contributed by atoms with Gasteiger partial charge in [0.15, 0.2) is 0 Å². The van der Waals surface area contributed by atoms with Crippen LogP contribution in [0.15, 0.2) is 0 Å². The molecule has 1 aliphatic carbocycles. The number of piperidine rings is 1. The Kier molecular flexibility index (Phi) is 1.91. The third kappa shape index (κ3) is 0.896. The maximum absolute atomic E-state index is 9.95. The summed E-state index contributed by atoms with van der Waals surface area (Å²) in [7, 11) is 1.72. The number of ether oxygens (including phenoxy) is 1. The first kappa shape index (κ1) is 9.40. The van der Waals surface area contributed by atoms with Crippen molar-refractivity contribution in [3.8, 4) is 0 Å². The molecule has 3 nitrogen and oxygen atoms in total. The lowest BCUT2D eigenvalue weighted by Crippen LogP contribution is -2.42. The van der Waals surface area contributed by atoms with Crippen LogP contribution < -0.4 is 0 Å². The molecule has 5 unspecified atom stereocenters. The Hall–Kier alpha value is 0.170. The molecule has 3 fully saturated rings. The number of hydrogen-bond acceptors (Lipinski definition) is 3. The topological polar surface area (TPSA) is 32.7 Å². The minimum Gasteiger partial charge on any atom is -0.391 e. The van der Waals surface area contributed by atoms with Gasteiger partial charge in [0.25, 0.3) is 0 Å². The van der Waals surface area contributed by atoms with Crippen molar-refractivity contribution in [2.45, 2.75) is 23.9 Å². The lowest BCUT2D eigenvalue weighted by atomic mass is 9.93. The summed E-state index contributed by atoms with van der Waals surface area (Å²) in [6.45, 7) is 2.78. The van der Waals surface area contributed by atoms with Gasteiger partial charge in [-0.1, -0.05) is 0 Å². The van der Waals surface area contributed by atoms with Crippen LogP contribution >= 0.6 is 11.6 Å². The van der Waals surface area contributed by atoms with Crippen LogP contribution in [0, 0.1) is 11.3 Å². The minimum absolute atomic E-state index is 0.0617. The maximum Gasteiger partial charge on any atom is 0.0714 e. The Balaban J connectivity index is 1.88. The number of aliphatic hydroxyl groups is 1. The molecular weight excluding hydrogens is 202 g/mol. The second-order valence-corrected chi connectivity index (χ2v) is 5.32. The normalized spacial score (nSPS) is 55.9. The van der Waals surface area contributed by atoms with Gasteiger partial charge in [-0.25, -0.2) is 0 Å². The van der Waals surface area contributed by atoms with E-state index in [2.05, 4.69) is 4.90 Å². The fraction of sp³-hybridized carbons (Fsp3) is 1.00. The molecule has 3 rings (SSSR count). The quantitative estimate of drug-likeness (QED) is 0.676. The van der Waals surface area contributed by atoms with Crippen molar-refractivity contribution in [3.05, 3.63) is 0 Å². The zero-order chi connectivity index (χ0) is 9.92. The highest BCUT2D eigenvalue weighted by atomic mass is 35.5. The van der Waals surface area contributed by atoms with Crippen molar-refractivity contribution in [3.63, 3.8) is 0 Å². The van der Waals surface area contributed by atoms with E-state index in [0.717, 1.165) is 19.5 Å². The van der Waals surface area contributed by atoms with Crippen LogP contribution in [0.4, 0.5) is 0 Å². The van der Waals surface area contributed by atoms with Crippen LogP contribution in [0.1, 0.15) is 6.42 Å². The van der Waals surface area contributed by atoms with Crippen molar-refractivity contribution in [2.75, 3.05) is 26.8 Å². The molecule has 3 aliphatic rings. The highest BCUT2D eigenvalue weighted by Gasteiger charge is 2.75. The molecule has 0 bridgehead atoms. The van der Waals surface area contributed by atoms with Gasteiger partial charge >= 0.3 is 0 Å². The van der Waals surface area contributed by atoms with Gasteiger partial charge in [-0.3, -0.25) is 4.90 Å². The lowest BCUT2D eigenvalue weighted by Gasteiger charge is -2.28. The molecule has 0 amide bonds. The summed E-state index contributed by atoms with van der Waals surface area (Å²) in [6.07, 6.45) is 0.700. The molecule has 0 aromatic carbocycles. The van der Waals surface area contributed by atoms with Gasteiger partial charge in [0, 0.05) is 37.0 Å². The highest BCUT2D eigenvalue weighted by molar-refractivity contribution is 6.23. The van der Waals surface area contributed by atoms with E-state index in [4.69, 9.17) is 16.3 Å². The van der Waals surface area contributed by atoms with Gasteiger partial charge in [0.05, 0.1) is 12.7 Å². The molecule has 0 radical (unpaired) electrons. The molecule has 0 aromatic rings. The Morgan fingerprint density at radius 1 is 1.64 bits per heavy atom. The monoisotopic (exact) mass is 217 g/mol. The summed E-state index contributed by atoms with van der Waals surface area (Å²) in [5, 5.41) is 10.2. The third-order valence-electron chi connectivity index (χ3n) is 4.29. The fourth-order valence-electron chi connectivity index (χ4n) is 3.65. The number of alkyl halides is 1. The van der Waals surface area contributed by atoms with E-state index in [9.17, 15) is 5.11 Å². The summed E-state index contributed by atoms with van der Waals surface area (Å²) in [4.78, 5) is 2.38. The molecule has 14 heavy (non-hydrogen) atoms. The van der Waals surface area contributed by atoms with E-state index in [-0.39, 0.29) is 22.9 Å². The number of hydrogen-bond donors (Lipinski definition) is 1. The first-order chi connectivity index (χ1) is 6.71. The second kappa shape index (κ2) is 2.85. The van der Waals surface area contributed by atoms with Crippen molar-refractivity contribution in [1.29, 1.82) is 0 Å². The Bertz CT molecular complexity index is 263. The van der Waals surface area contributed by atoms with E-state index in [0.29, 0.717) is 12.5 Å². The Morgan fingerprint density at radius 2 is 2.43 bits per heavy atom. The van der Waals surface area contributed by atoms with Gasteiger partial charge in [0.1, 0.15) is 0 Å². The summed E-state index contributed by atoms with van der Waals surface area (Å²) < 4.78 is 5.28. The van der Waals surface area contributed by atoms with E-state index in [1.807, 2.05) is 0 Å². The molecule has 5 atom stereocenters. The van der Waals surface area contributed by atoms with Crippen LogP contribution in [-0.4, -0.2) is 54.3 Å². The first-order valence-corrected chi connectivity index (χ1v) is 5.70. The molecular formula is C10H16ClNO2. The zero-order valence-corrected chi connectivity index (χ0v) is 9.07. The SMILES string of the molecule is COCC12C(Cl)C1CN1CCC(O)C12. The van der Waals surface area contributed by atoms with Crippen LogP contribution in [0.25, 0.3) is 0 Å². The van der Waals surface area contributed by atoms with Gasteiger partial charge in [0.2, 0.25) is 0 Å². The average molecular weight is 218 g/mol. The zero-order valence-electron chi connectivity index (χ0n) is 8.32. The number of methoxy groups -OCH3 is 1. The fourth-order valence-corrected chi connectivity index (χ4v) is 4.24. The third-order valence-corrected chi connectivity index (χ3v) is 5.00. The standard InChI is InChI=1S/C10H16ClNO2/c1-14-5-10-6(8(10)11)4-12-3-2-7(13)9(10)12/h6-9,13H,2-5H2,1H3. The van der Waals surface area contributed by atoms with Crippen molar-refractivity contribution in [2.24, 2.45) is 11.3 Å². The van der Waals surface area contributed by atoms with Crippen molar-refractivity contribution in [1.82, 2.24) is 4.90 Å². The molecule has 2 saturated heterocycles. The molecule has 2 aliphatic heterocycles. The molecule has 1 saturated carbocycles. The van der Waals surface area contributed by atoms with E-state index < -0.39 is 0 Å². The molecule has 1 N–H and O–H groups in total. The second-order valence-electron chi connectivity index (χ2n) is 4.85. The molecule has 2 heterocycles. The van der Waals surface area contributed by atoms with E-state index in [1.54, 1.807) is 7.11 Å². The van der Waals surface area contributed by atoms with E-state index in [1.165, 1.54) is 0 Å². The predicted molar refractivity (Wildman–Crippen MR) is 53.4 cm³/mol. The Labute approximate surface area is 89.0 Å². The summed E-state index contributed by atoms with van der Waals surface area (Å²) in [5.41, 5.74) is 0.0617. The van der Waals surface area contributed by atoms with Gasteiger partial charge in [-0.15, -0.1) is 11.6 Å². The van der Waals surface area contributed by atoms with E-state index >= 15 is 0 Å². The lowest BCUT2D eigenvalue weighted by molar-refractivity contribution is 0.0498. The Morgan fingerprint density at radius 3 is 3.14 bits per heavy atom. The number of aliphatic hydroxyl groups excluding tert-OH is 1. The van der Waals surface area contributed by atoms with Crippen molar-refractivity contribution < 1.29 is 9.84 Å². The molecule has 0 spiro atoms. The summed E-state index contributed by atoms with van der Waals surface area (Å²) >= 11 is 6.30. The number of halogens is 1. The van der Waals surface area contributed by atoms with Crippen LogP contribution in [0.2, 0.25) is 0 Å². The highest BCUT2D eigenvalue weighted by Crippen LogP contribution is 2.66. The summed E-state index contributed by atoms with van der Waals surface area (Å²) in [6, 6.07) is 0.259.